The van der Waals surface area contributed by atoms with Gasteiger partial charge in [0.2, 0.25) is 0 Å². The Morgan fingerprint density at radius 2 is 1.89 bits per heavy atom. The summed E-state index contributed by atoms with van der Waals surface area (Å²) in [4.78, 5) is 16.3. The lowest BCUT2D eigenvalue weighted by Gasteiger charge is -2.41. The van der Waals surface area contributed by atoms with Gasteiger partial charge in [0.15, 0.2) is 0 Å². The molecule has 4 heteroatoms. The van der Waals surface area contributed by atoms with Crippen LogP contribution in [0.5, 0.6) is 0 Å². The monoisotopic (exact) mass is 252 g/mol. The Labute approximate surface area is 109 Å². The minimum Gasteiger partial charge on any atom is -0.481 e. The Bertz CT molecular complexity index is 347. The summed E-state index contributed by atoms with van der Waals surface area (Å²) in [6.45, 7) is 3.44. The smallest absolute Gasteiger partial charge is 0.308 e. The second-order valence-electron chi connectivity index (χ2n) is 6.43. The van der Waals surface area contributed by atoms with E-state index in [0.717, 1.165) is 19.4 Å². The number of nitrogens with zero attached hydrogens (tertiary/aromatic N) is 2. The van der Waals surface area contributed by atoms with Crippen LogP contribution < -0.4 is 0 Å². The van der Waals surface area contributed by atoms with Crippen LogP contribution >= 0.6 is 0 Å². The maximum atomic E-state index is 11.3. The first kappa shape index (κ1) is 12.4. The van der Waals surface area contributed by atoms with Gasteiger partial charge in [-0.3, -0.25) is 9.69 Å². The summed E-state index contributed by atoms with van der Waals surface area (Å²) in [7, 11) is 2.19. The molecule has 0 aromatic heterocycles. The van der Waals surface area contributed by atoms with E-state index in [1.165, 1.54) is 19.3 Å². The molecule has 3 rings (SSSR count). The van der Waals surface area contributed by atoms with Crippen LogP contribution in [-0.2, 0) is 4.79 Å². The van der Waals surface area contributed by atoms with Crippen LogP contribution in [0.2, 0.25) is 0 Å². The third-order valence-electron chi connectivity index (χ3n) is 5.51. The molecule has 3 saturated heterocycles. The van der Waals surface area contributed by atoms with Crippen molar-refractivity contribution in [2.45, 2.75) is 63.2 Å². The van der Waals surface area contributed by atoms with Crippen LogP contribution in [0.15, 0.2) is 0 Å². The highest BCUT2D eigenvalue weighted by molar-refractivity contribution is 5.71. The summed E-state index contributed by atoms with van der Waals surface area (Å²) in [5, 5.41) is 9.31. The van der Waals surface area contributed by atoms with E-state index in [1.54, 1.807) is 0 Å². The molecule has 0 aromatic rings. The summed E-state index contributed by atoms with van der Waals surface area (Å²) < 4.78 is 0. The number of carbonyl (C=O) groups is 1. The molecule has 0 amide bonds. The van der Waals surface area contributed by atoms with Crippen molar-refractivity contribution in [3.05, 3.63) is 0 Å². The summed E-state index contributed by atoms with van der Waals surface area (Å²) in [6, 6.07) is 2.13. The van der Waals surface area contributed by atoms with Crippen molar-refractivity contribution in [2.75, 3.05) is 13.6 Å². The van der Waals surface area contributed by atoms with Gasteiger partial charge in [-0.05, 0) is 52.6 Å². The first-order valence-corrected chi connectivity index (χ1v) is 7.28. The average Bonchev–Trinajstić information content (AvgIpc) is 2.90. The van der Waals surface area contributed by atoms with Gasteiger partial charge in [-0.1, -0.05) is 0 Å². The first-order valence-electron chi connectivity index (χ1n) is 7.28. The van der Waals surface area contributed by atoms with Gasteiger partial charge in [-0.15, -0.1) is 0 Å². The predicted molar refractivity (Wildman–Crippen MR) is 69.5 cm³/mol. The zero-order valence-corrected chi connectivity index (χ0v) is 11.4. The Morgan fingerprint density at radius 3 is 2.50 bits per heavy atom. The summed E-state index contributed by atoms with van der Waals surface area (Å²) in [5.74, 6) is -0.674. The van der Waals surface area contributed by atoms with Crippen LogP contribution in [0.3, 0.4) is 0 Å². The van der Waals surface area contributed by atoms with Gasteiger partial charge in [0.1, 0.15) is 0 Å². The number of hydrogen-bond donors (Lipinski definition) is 1. The van der Waals surface area contributed by atoms with E-state index < -0.39 is 5.97 Å². The van der Waals surface area contributed by atoms with Crippen LogP contribution in [0, 0.1) is 5.92 Å². The Morgan fingerprint density at radius 1 is 1.17 bits per heavy atom. The highest BCUT2D eigenvalue weighted by atomic mass is 16.4. The summed E-state index contributed by atoms with van der Waals surface area (Å²) >= 11 is 0. The lowest BCUT2D eigenvalue weighted by Crippen LogP contribution is -2.49. The first-order chi connectivity index (χ1) is 8.58. The third kappa shape index (κ3) is 1.86. The van der Waals surface area contributed by atoms with Gasteiger partial charge >= 0.3 is 5.97 Å². The van der Waals surface area contributed by atoms with Crippen molar-refractivity contribution in [3.8, 4) is 0 Å². The molecule has 0 saturated carbocycles. The van der Waals surface area contributed by atoms with Gasteiger partial charge in [0.25, 0.3) is 0 Å². The van der Waals surface area contributed by atoms with Gasteiger partial charge in [-0.2, -0.15) is 0 Å². The number of hydrogen-bond acceptors (Lipinski definition) is 3. The lowest BCUT2D eigenvalue weighted by molar-refractivity contribution is -0.142. The molecule has 3 fully saturated rings. The van der Waals surface area contributed by atoms with Gasteiger partial charge < -0.3 is 10.0 Å². The van der Waals surface area contributed by atoms with E-state index in [0.29, 0.717) is 24.2 Å². The number of rotatable bonds is 2. The zero-order valence-electron chi connectivity index (χ0n) is 11.4. The molecule has 4 nitrogen and oxygen atoms in total. The molecule has 18 heavy (non-hydrogen) atoms. The van der Waals surface area contributed by atoms with E-state index in [9.17, 15) is 9.90 Å². The van der Waals surface area contributed by atoms with Crippen molar-refractivity contribution in [1.82, 2.24) is 9.80 Å². The minimum atomic E-state index is -0.576. The molecule has 0 radical (unpaired) electrons. The number of likely N-dealkylation sites (tertiary alicyclic amines) is 1. The average molecular weight is 252 g/mol. The Hall–Kier alpha value is -0.610. The summed E-state index contributed by atoms with van der Waals surface area (Å²) in [5.41, 5.74) is 0. The quantitative estimate of drug-likeness (QED) is 0.807. The van der Waals surface area contributed by atoms with Gasteiger partial charge in [0, 0.05) is 24.2 Å². The predicted octanol–water partition coefficient (Wildman–Crippen LogP) is 1.41. The molecule has 0 aliphatic carbocycles. The zero-order chi connectivity index (χ0) is 12.9. The van der Waals surface area contributed by atoms with Crippen molar-refractivity contribution in [3.63, 3.8) is 0 Å². The standard InChI is InChI=1S/C14H24N2O2/c1-9-7-11(5-6-15(9)2)16-10-3-4-13(16)12(8-10)14(17)18/h9-13H,3-8H2,1-2H3,(H,17,18). The highest BCUT2D eigenvalue weighted by Gasteiger charge is 2.51. The second kappa shape index (κ2) is 4.49. The Kier molecular flexibility index (Phi) is 3.10. The van der Waals surface area contributed by atoms with E-state index in [2.05, 4.69) is 23.8 Å². The van der Waals surface area contributed by atoms with Crippen LogP contribution in [-0.4, -0.2) is 58.6 Å². The van der Waals surface area contributed by atoms with Crippen LogP contribution in [0.25, 0.3) is 0 Å². The molecule has 0 spiro atoms. The van der Waals surface area contributed by atoms with Crippen molar-refractivity contribution in [2.24, 2.45) is 5.92 Å². The van der Waals surface area contributed by atoms with Crippen molar-refractivity contribution < 1.29 is 9.90 Å². The number of carboxylic acids is 1. The molecule has 102 valence electrons. The molecule has 3 aliphatic heterocycles. The molecular formula is C14H24N2O2. The fraction of sp³-hybridized carbons (Fsp3) is 0.929. The van der Waals surface area contributed by atoms with Gasteiger partial charge in [-0.25, -0.2) is 0 Å². The van der Waals surface area contributed by atoms with Crippen molar-refractivity contribution in [1.29, 1.82) is 0 Å². The topological polar surface area (TPSA) is 43.8 Å². The third-order valence-corrected chi connectivity index (χ3v) is 5.51. The van der Waals surface area contributed by atoms with E-state index in [1.807, 2.05) is 0 Å². The molecule has 0 aromatic carbocycles. The molecule has 3 heterocycles. The lowest BCUT2D eigenvalue weighted by atomic mass is 9.89. The molecule has 2 bridgehead atoms. The van der Waals surface area contributed by atoms with E-state index in [-0.39, 0.29) is 5.92 Å². The molecule has 3 aliphatic rings. The maximum Gasteiger partial charge on any atom is 0.308 e. The number of carboxylic acid groups (broad SMARTS) is 1. The summed E-state index contributed by atoms with van der Waals surface area (Å²) in [6.07, 6.45) is 5.62. The number of piperidine rings is 1. The molecule has 5 atom stereocenters. The van der Waals surface area contributed by atoms with E-state index in [4.69, 9.17) is 0 Å². The fourth-order valence-corrected chi connectivity index (χ4v) is 4.40. The van der Waals surface area contributed by atoms with E-state index >= 15 is 0 Å². The molecule has 5 unspecified atom stereocenters. The molecular weight excluding hydrogens is 228 g/mol. The Balaban J connectivity index is 1.72. The van der Waals surface area contributed by atoms with Gasteiger partial charge in [0.05, 0.1) is 5.92 Å². The fourth-order valence-electron chi connectivity index (χ4n) is 4.40. The number of aliphatic carboxylic acids is 1. The minimum absolute atomic E-state index is 0.0984. The molecule has 1 N–H and O–H groups in total. The largest absolute Gasteiger partial charge is 0.481 e. The van der Waals surface area contributed by atoms with Crippen LogP contribution in [0.1, 0.15) is 39.0 Å². The van der Waals surface area contributed by atoms with Crippen molar-refractivity contribution >= 4 is 5.97 Å². The highest BCUT2D eigenvalue weighted by Crippen LogP contribution is 2.44. The second-order valence-corrected chi connectivity index (χ2v) is 6.43. The maximum absolute atomic E-state index is 11.3. The number of fused-ring (bicyclic) bond motifs is 2. The normalized spacial score (nSPS) is 45.6. The van der Waals surface area contributed by atoms with Crippen LogP contribution in [0.4, 0.5) is 0 Å². The SMILES string of the molecule is CC1CC(N2C3CCC2C(C(=O)O)C3)CCN1C.